The van der Waals surface area contributed by atoms with Gasteiger partial charge in [-0.05, 0) is 31.9 Å². The van der Waals surface area contributed by atoms with Crippen LogP contribution < -0.4 is 10.1 Å². The van der Waals surface area contributed by atoms with Crippen LogP contribution in [0.2, 0.25) is 0 Å². The summed E-state index contributed by atoms with van der Waals surface area (Å²) in [5.74, 6) is 0.423. The highest BCUT2D eigenvalue weighted by Crippen LogP contribution is 2.26. The number of rotatable bonds is 6. The van der Waals surface area contributed by atoms with E-state index in [1.807, 2.05) is 32.0 Å². The number of amides is 1. The molecule has 100 valence electrons. The second kappa shape index (κ2) is 7.01. The van der Waals surface area contributed by atoms with Gasteiger partial charge in [0.2, 0.25) is 0 Å². The van der Waals surface area contributed by atoms with E-state index >= 15 is 0 Å². The van der Waals surface area contributed by atoms with Crippen LogP contribution in [0.1, 0.15) is 37.5 Å². The number of carbonyl (C=O) groups excluding carboxylic acids is 1. The number of carbonyl (C=O) groups is 1. The molecule has 0 aliphatic rings. The van der Waals surface area contributed by atoms with Gasteiger partial charge in [-0.1, -0.05) is 19.1 Å². The summed E-state index contributed by atoms with van der Waals surface area (Å²) in [6.07, 6.45) is 0.286. The van der Waals surface area contributed by atoms with Crippen LogP contribution in [-0.4, -0.2) is 24.2 Å². The van der Waals surface area contributed by atoms with Crippen molar-refractivity contribution in [3.63, 3.8) is 0 Å². The molecule has 0 heterocycles. The van der Waals surface area contributed by atoms with Gasteiger partial charge in [0.25, 0.3) is 5.91 Å². The molecule has 1 rings (SSSR count). The second-order valence-corrected chi connectivity index (χ2v) is 4.36. The molecular weight excluding hydrogens is 230 g/mol. The summed E-state index contributed by atoms with van der Waals surface area (Å²) in [5.41, 5.74) is 1.73. The molecule has 2 N–H and O–H groups in total. The number of ether oxygens (including phenoxy) is 1. The van der Waals surface area contributed by atoms with Gasteiger partial charge in [0.15, 0.2) is 6.61 Å². The van der Waals surface area contributed by atoms with Gasteiger partial charge < -0.3 is 15.2 Å². The Morgan fingerprint density at radius 1 is 1.50 bits per heavy atom. The SMILES string of the molecule is CCCNC(=O)COc1cc(C)ccc1[C@H](C)O. The maximum atomic E-state index is 11.4. The van der Waals surface area contributed by atoms with Gasteiger partial charge in [0, 0.05) is 12.1 Å². The van der Waals surface area contributed by atoms with Crippen molar-refractivity contribution in [2.45, 2.75) is 33.3 Å². The van der Waals surface area contributed by atoms with Crippen molar-refractivity contribution in [2.24, 2.45) is 0 Å². The molecule has 1 aromatic rings. The summed E-state index contributed by atoms with van der Waals surface area (Å²) in [6, 6.07) is 5.56. The zero-order chi connectivity index (χ0) is 13.5. The van der Waals surface area contributed by atoms with Crippen molar-refractivity contribution in [2.75, 3.05) is 13.2 Å². The van der Waals surface area contributed by atoms with E-state index in [1.54, 1.807) is 6.92 Å². The maximum Gasteiger partial charge on any atom is 0.257 e. The largest absolute Gasteiger partial charge is 0.483 e. The molecule has 0 aliphatic heterocycles. The summed E-state index contributed by atoms with van der Waals surface area (Å²) < 4.78 is 5.47. The van der Waals surface area contributed by atoms with Crippen LogP contribution in [0.15, 0.2) is 18.2 Å². The van der Waals surface area contributed by atoms with E-state index in [0.29, 0.717) is 17.9 Å². The number of aliphatic hydroxyl groups excluding tert-OH is 1. The highest BCUT2D eigenvalue weighted by atomic mass is 16.5. The van der Waals surface area contributed by atoms with Gasteiger partial charge >= 0.3 is 0 Å². The van der Waals surface area contributed by atoms with Crippen molar-refractivity contribution in [1.82, 2.24) is 5.32 Å². The van der Waals surface area contributed by atoms with Gasteiger partial charge in [-0.15, -0.1) is 0 Å². The van der Waals surface area contributed by atoms with Crippen molar-refractivity contribution >= 4 is 5.91 Å². The highest BCUT2D eigenvalue weighted by Gasteiger charge is 2.10. The Morgan fingerprint density at radius 2 is 2.22 bits per heavy atom. The molecule has 4 heteroatoms. The van der Waals surface area contributed by atoms with Crippen molar-refractivity contribution < 1.29 is 14.6 Å². The smallest absolute Gasteiger partial charge is 0.257 e. The van der Waals surface area contributed by atoms with E-state index in [0.717, 1.165) is 12.0 Å². The molecule has 0 bridgehead atoms. The quantitative estimate of drug-likeness (QED) is 0.812. The number of hydrogen-bond acceptors (Lipinski definition) is 3. The molecule has 0 radical (unpaired) electrons. The summed E-state index contributed by atoms with van der Waals surface area (Å²) >= 11 is 0. The fourth-order valence-corrected chi connectivity index (χ4v) is 1.57. The zero-order valence-corrected chi connectivity index (χ0v) is 11.2. The zero-order valence-electron chi connectivity index (χ0n) is 11.2. The highest BCUT2D eigenvalue weighted by molar-refractivity contribution is 5.77. The molecule has 18 heavy (non-hydrogen) atoms. The minimum Gasteiger partial charge on any atom is -0.483 e. The van der Waals surface area contributed by atoms with E-state index in [4.69, 9.17) is 4.74 Å². The van der Waals surface area contributed by atoms with Crippen LogP contribution in [-0.2, 0) is 4.79 Å². The molecule has 1 amide bonds. The second-order valence-electron chi connectivity index (χ2n) is 4.36. The van der Waals surface area contributed by atoms with Gasteiger partial charge in [-0.25, -0.2) is 0 Å². The third kappa shape index (κ3) is 4.37. The normalized spacial score (nSPS) is 12.0. The Bertz CT molecular complexity index is 402. The van der Waals surface area contributed by atoms with Crippen molar-refractivity contribution in [3.05, 3.63) is 29.3 Å². The van der Waals surface area contributed by atoms with Crippen molar-refractivity contribution in [3.8, 4) is 5.75 Å². The molecule has 0 fully saturated rings. The topological polar surface area (TPSA) is 58.6 Å². The molecular formula is C14H21NO3. The average Bonchev–Trinajstić information content (AvgIpc) is 2.33. The first kappa shape index (κ1) is 14.5. The molecule has 0 unspecified atom stereocenters. The van der Waals surface area contributed by atoms with Gasteiger partial charge in [0.05, 0.1) is 6.10 Å². The third-order valence-corrected chi connectivity index (χ3v) is 2.55. The van der Waals surface area contributed by atoms with E-state index in [1.165, 1.54) is 0 Å². The van der Waals surface area contributed by atoms with Crippen LogP contribution >= 0.6 is 0 Å². The van der Waals surface area contributed by atoms with E-state index < -0.39 is 6.10 Å². The summed E-state index contributed by atoms with van der Waals surface area (Å²) in [5, 5.41) is 12.4. The fraction of sp³-hybridized carbons (Fsp3) is 0.500. The Hall–Kier alpha value is -1.55. The summed E-state index contributed by atoms with van der Waals surface area (Å²) in [6.45, 7) is 6.24. The Balaban J connectivity index is 2.65. The average molecular weight is 251 g/mol. The predicted octanol–water partition coefficient (Wildman–Crippen LogP) is 1.95. The first-order valence-electron chi connectivity index (χ1n) is 6.22. The van der Waals surface area contributed by atoms with Crippen LogP contribution in [0.5, 0.6) is 5.75 Å². The Morgan fingerprint density at radius 3 is 2.83 bits per heavy atom. The summed E-state index contributed by atoms with van der Waals surface area (Å²) in [4.78, 5) is 11.4. The van der Waals surface area contributed by atoms with Crippen molar-refractivity contribution in [1.29, 1.82) is 0 Å². The van der Waals surface area contributed by atoms with Crippen LogP contribution in [0, 0.1) is 6.92 Å². The monoisotopic (exact) mass is 251 g/mol. The van der Waals surface area contributed by atoms with E-state index in [2.05, 4.69) is 5.32 Å². The lowest BCUT2D eigenvalue weighted by Gasteiger charge is -2.14. The lowest BCUT2D eigenvalue weighted by Crippen LogP contribution is -2.29. The summed E-state index contributed by atoms with van der Waals surface area (Å²) in [7, 11) is 0. The van der Waals surface area contributed by atoms with Gasteiger partial charge in [-0.2, -0.15) is 0 Å². The molecule has 0 spiro atoms. The standard InChI is InChI=1S/C14H21NO3/c1-4-7-15-14(17)9-18-13-8-10(2)5-6-12(13)11(3)16/h5-6,8,11,16H,4,7,9H2,1-3H3,(H,15,17)/t11-/m0/s1. The Kier molecular flexibility index (Phi) is 5.65. The maximum absolute atomic E-state index is 11.4. The number of aryl methyl sites for hydroxylation is 1. The van der Waals surface area contributed by atoms with Crippen LogP contribution in [0.4, 0.5) is 0 Å². The number of hydrogen-bond donors (Lipinski definition) is 2. The van der Waals surface area contributed by atoms with Crippen LogP contribution in [0.25, 0.3) is 0 Å². The van der Waals surface area contributed by atoms with Crippen LogP contribution in [0.3, 0.4) is 0 Å². The molecule has 1 atom stereocenters. The molecule has 0 aliphatic carbocycles. The van der Waals surface area contributed by atoms with Gasteiger partial charge in [-0.3, -0.25) is 4.79 Å². The Labute approximate surface area is 108 Å². The lowest BCUT2D eigenvalue weighted by molar-refractivity contribution is -0.123. The first-order chi connectivity index (χ1) is 8.54. The molecule has 4 nitrogen and oxygen atoms in total. The number of aliphatic hydroxyl groups is 1. The predicted molar refractivity (Wildman–Crippen MR) is 70.6 cm³/mol. The number of benzene rings is 1. The molecule has 0 saturated heterocycles. The third-order valence-electron chi connectivity index (χ3n) is 2.55. The minimum absolute atomic E-state index is 0.0246. The molecule has 0 saturated carbocycles. The van der Waals surface area contributed by atoms with E-state index in [-0.39, 0.29) is 12.5 Å². The molecule has 1 aromatic carbocycles. The lowest BCUT2D eigenvalue weighted by atomic mass is 10.1. The fourth-order valence-electron chi connectivity index (χ4n) is 1.57. The molecule has 0 aromatic heterocycles. The first-order valence-corrected chi connectivity index (χ1v) is 6.22. The number of nitrogens with one attached hydrogen (secondary N) is 1. The van der Waals surface area contributed by atoms with E-state index in [9.17, 15) is 9.90 Å². The van der Waals surface area contributed by atoms with Gasteiger partial charge in [0.1, 0.15) is 5.75 Å². The minimum atomic E-state index is -0.612.